The van der Waals surface area contributed by atoms with E-state index in [9.17, 15) is 0 Å². The molecule has 158 valence electrons. The zero-order valence-corrected chi connectivity index (χ0v) is 20.8. The molecule has 0 aliphatic carbocycles. The van der Waals surface area contributed by atoms with Gasteiger partial charge in [-0.15, -0.1) is 0 Å². The molecule has 2 radical (unpaired) electrons. The number of hydrogen-bond acceptors (Lipinski definition) is 1. The van der Waals surface area contributed by atoms with Gasteiger partial charge in [0.25, 0.3) is 0 Å². The highest BCUT2D eigenvalue weighted by Crippen LogP contribution is 2.27. The molecule has 0 N–H and O–H groups in total. The summed E-state index contributed by atoms with van der Waals surface area (Å²) >= 11 is 0. The lowest BCUT2D eigenvalue weighted by molar-refractivity contribution is 0.619. The lowest BCUT2D eigenvalue weighted by atomic mass is 10.0. The Morgan fingerprint density at radius 3 is 1.33 bits per heavy atom. The molecule has 0 bridgehead atoms. The molecular weight excluding hydrogens is 433 g/mol. The van der Waals surface area contributed by atoms with Crippen molar-refractivity contribution < 1.29 is 4.12 Å². The summed E-state index contributed by atoms with van der Waals surface area (Å²) in [6.45, 7) is 4.52. The minimum absolute atomic E-state index is 0.427. The highest BCUT2D eigenvalue weighted by Gasteiger charge is 2.36. The predicted molar refractivity (Wildman–Crippen MR) is 146 cm³/mol. The maximum atomic E-state index is 6.81. The molecule has 0 saturated heterocycles. The first kappa shape index (κ1) is 20.4. The molecule has 0 heterocycles. The quantitative estimate of drug-likeness (QED) is 0.213. The Hall–Kier alpha value is -3.25. The molecule has 33 heavy (non-hydrogen) atoms. The van der Waals surface area contributed by atoms with Gasteiger partial charge in [-0.25, -0.2) is 0 Å². The topological polar surface area (TPSA) is 9.23 Å². The largest absolute Gasteiger partial charge is 0.450 e. The van der Waals surface area contributed by atoms with Crippen LogP contribution in [0.25, 0.3) is 43.1 Å². The van der Waals surface area contributed by atoms with Gasteiger partial charge in [-0.2, -0.15) is 0 Å². The summed E-state index contributed by atoms with van der Waals surface area (Å²) in [5, 5.41) is 13.0. The first-order valence-electron chi connectivity index (χ1n) is 11.4. The van der Waals surface area contributed by atoms with Crippen LogP contribution in [0.15, 0.2) is 109 Å². The van der Waals surface area contributed by atoms with Gasteiger partial charge < -0.3 is 4.12 Å². The molecule has 0 amide bonds. The number of hydrogen-bond donors (Lipinski definition) is 0. The second kappa shape index (κ2) is 7.96. The summed E-state index contributed by atoms with van der Waals surface area (Å²) in [7, 11) is -2.07. The second-order valence-electron chi connectivity index (χ2n) is 8.79. The first-order valence-corrected chi connectivity index (χ1v) is 15.2. The second-order valence-corrected chi connectivity index (χ2v) is 13.2. The smallest absolute Gasteiger partial charge is 0.242 e. The predicted octanol–water partition coefficient (Wildman–Crippen LogP) is 6.67. The SMILES string of the molecule is C[Si]O[Si](C)(c1cccc2cc3ccccc3cc12)c1cccc2cc3ccccc3cc12. The van der Waals surface area contributed by atoms with E-state index >= 15 is 0 Å². The van der Waals surface area contributed by atoms with Gasteiger partial charge in [0.2, 0.25) is 18.1 Å². The normalized spacial score (nSPS) is 12.2. The maximum Gasteiger partial charge on any atom is 0.242 e. The van der Waals surface area contributed by atoms with Gasteiger partial charge in [0.15, 0.2) is 0 Å². The fraction of sp³-hybridized carbons (Fsp3) is 0.0667. The van der Waals surface area contributed by atoms with E-state index in [1.54, 1.807) is 0 Å². The zero-order chi connectivity index (χ0) is 22.4. The van der Waals surface area contributed by atoms with Crippen molar-refractivity contribution in [2.75, 3.05) is 0 Å². The van der Waals surface area contributed by atoms with Crippen molar-refractivity contribution in [1.82, 2.24) is 0 Å². The van der Waals surface area contributed by atoms with Crippen LogP contribution in [0, 0.1) is 0 Å². The maximum absolute atomic E-state index is 6.81. The van der Waals surface area contributed by atoms with Crippen LogP contribution in [0.1, 0.15) is 0 Å². The van der Waals surface area contributed by atoms with Crippen molar-refractivity contribution in [2.45, 2.75) is 13.1 Å². The average molecular weight is 457 g/mol. The van der Waals surface area contributed by atoms with Gasteiger partial charge in [0.05, 0.1) is 0 Å². The Labute approximate surface area is 197 Å². The summed E-state index contributed by atoms with van der Waals surface area (Å²) in [5.74, 6) is 0. The van der Waals surface area contributed by atoms with Gasteiger partial charge >= 0.3 is 0 Å². The minimum Gasteiger partial charge on any atom is -0.450 e. The van der Waals surface area contributed by atoms with E-state index < -0.39 is 8.32 Å². The van der Waals surface area contributed by atoms with Crippen LogP contribution < -0.4 is 10.4 Å². The highest BCUT2D eigenvalue weighted by atomic mass is 28.4. The highest BCUT2D eigenvalue weighted by molar-refractivity contribution is 7.01. The lowest BCUT2D eigenvalue weighted by Crippen LogP contribution is -2.59. The van der Waals surface area contributed by atoms with E-state index in [1.807, 2.05) is 0 Å². The molecular formula is C30H24OSi2. The Kier molecular flexibility index (Phi) is 4.91. The molecule has 6 rings (SSSR count). The molecule has 0 fully saturated rings. The van der Waals surface area contributed by atoms with Gasteiger partial charge in [0, 0.05) is 0 Å². The van der Waals surface area contributed by atoms with Crippen LogP contribution in [-0.2, 0) is 4.12 Å². The third kappa shape index (κ3) is 3.32. The van der Waals surface area contributed by atoms with E-state index in [2.05, 4.69) is 122 Å². The average Bonchev–Trinajstić information content (AvgIpc) is 2.85. The number of benzene rings is 6. The first-order chi connectivity index (χ1) is 16.2. The van der Waals surface area contributed by atoms with E-state index in [4.69, 9.17) is 4.12 Å². The van der Waals surface area contributed by atoms with Gasteiger partial charge in [0.1, 0.15) is 0 Å². The molecule has 0 saturated carbocycles. The van der Waals surface area contributed by atoms with Crippen LogP contribution in [-0.4, -0.2) is 18.1 Å². The number of rotatable bonds is 4. The summed E-state index contributed by atoms with van der Waals surface area (Å²) in [6.07, 6.45) is 0. The van der Waals surface area contributed by atoms with Crippen LogP contribution in [0.4, 0.5) is 0 Å². The summed E-state index contributed by atoms with van der Waals surface area (Å²) < 4.78 is 6.81. The molecule has 0 spiro atoms. The molecule has 3 heteroatoms. The Bertz CT molecular complexity index is 1540. The molecule has 6 aromatic carbocycles. The number of fused-ring (bicyclic) bond motifs is 4. The molecule has 0 atom stereocenters. The Morgan fingerprint density at radius 2 is 0.909 bits per heavy atom. The summed E-state index contributed by atoms with van der Waals surface area (Å²) in [4.78, 5) is 0. The van der Waals surface area contributed by atoms with Crippen molar-refractivity contribution in [3.8, 4) is 0 Å². The molecule has 0 aliphatic heterocycles. The minimum atomic E-state index is -2.49. The van der Waals surface area contributed by atoms with Crippen molar-refractivity contribution in [3.63, 3.8) is 0 Å². The third-order valence-corrected chi connectivity index (χ3v) is 12.2. The van der Waals surface area contributed by atoms with Crippen molar-refractivity contribution in [3.05, 3.63) is 109 Å². The van der Waals surface area contributed by atoms with E-state index in [0.29, 0.717) is 9.76 Å². The molecule has 0 aromatic heterocycles. The zero-order valence-electron chi connectivity index (χ0n) is 18.8. The van der Waals surface area contributed by atoms with Crippen molar-refractivity contribution in [2.24, 2.45) is 0 Å². The molecule has 0 unspecified atom stereocenters. The van der Waals surface area contributed by atoms with Gasteiger partial charge in [-0.1, -0.05) is 84.9 Å². The molecule has 0 aliphatic rings. The van der Waals surface area contributed by atoms with Crippen LogP contribution in [0.5, 0.6) is 0 Å². The van der Waals surface area contributed by atoms with Crippen molar-refractivity contribution in [1.29, 1.82) is 0 Å². The molecule has 1 nitrogen and oxygen atoms in total. The Balaban J connectivity index is 1.67. The van der Waals surface area contributed by atoms with Gasteiger partial charge in [-0.05, 0) is 90.8 Å². The van der Waals surface area contributed by atoms with Crippen LogP contribution in [0.2, 0.25) is 13.1 Å². The van der Waals surface area contributed by atoms with E-state index in [0.717, 1.165) is 0 Å². The fourth-order valence-corrected chi connectivity index (χ4v) is 10.3. The molecule has 6 aromatic rings. The Morgan fingerprint density at radius 1 is 0.515 bits per heavy atom. The van der Waals surface area contributed by atoms with Crippen LogP contribution >= 0.6 is 0 Å². The monoisotopic (exact) mass is 456 g/mol. The van der Waals surface area contributed by atoms with Crippen molar-refractivity contribution >= 4 is 71.5 Å². The van der Waals surface area contributed by atoms with Crippen LogP contribution in [0.3, 0.4) is 0 Å². The van der Waals surface area contributed by atoms with E-state index in [1.165, 1.54) is 53.5 Å². The summed E-state index contributed by atoms with van der Waals surface area (Å²) in [6, 6.07) is 40.0. The fourth-order valence-electron chi connectivity index (χ4n) is 5.22. The summed E-state index contributed by atoms with van der Waals surface area (Å²) in [5.41, 5.74) is 0. The standard InChI is InChI=1S/C30H24OSi2/c1-32-31-33(2,29-15-7-13-25-17-21-9-3-5-11-23(21)19-27(25)29)30-16-8-14-26-18-22-10-4-6-12-24(22)20-28(26)30/h3-20H,1-2H3. The van der Waals surface area contributed by atoms with Gasteiger partial charge in [-0.3, -0.25) is 0 Å². The lowest BCUT2D eigenvalue weighted by Gasteiger charge is -2.31. The third-order valence-electron chi connectivity index (χ3n) is 6.83. The van der Waals surface area contributed by atoms with E-state index in [-0.39, 0.29) is 0 Å².